The number of hydrogen-bond acceptors (Lipinski definition) is 13. The number of phosphoric ester groups is 1. The summed E-state index contributed by atoms with van der Waals surface area (Å²) in [6, 6.07) is 13.9. The Morgan fingerprint density at radius 3 is 2.11 bits per heavy atom. The van der Waals surface area contributed by atoms with E-state index in [0.29, 0.717) is 17.7 Å². The van der Waals surface area contributed by atoms with Gasteiger partial charge < -0.3 is 35.1 Å². The van der Waals surface area contributed by atoms with E-state index in [2.05, 4.69) is 23.1 Å². The minimum atomic E-state index is -4.85. The fourth-order valence-electron chi connectivity index (χ4n) is 7.46. The lowest BCUT2D eigenvalue weighted by Crippen LogP contribution is -2.47. The number of fused-ring (bicyclic) bond motifs is 2. The zero-order valence-corrected chi connectivity index (χ0v) is 33.9. The second-order valence-corrected chi connectivity index (χ2v) is 16.7. The highest BCUT2D eigenvalue weighted by Gasteiger charge is 2.83. The predicted molar refractivity (Wildman–Crippen MR) is 211 cm³/mol. The van der Waals surface area contributed by atoms with Gasteiger partial charge in [0.25, 0.3) is 0 Å². The zero-order chi connectivity index (χ0) is 40.7. The maximum absolute atomic E-state index is 13.1. The van der Waals surface area contributed by atoms with Crippen molar-refractivity contribution >= 4 is 19.2 Å². The molecule has 2 fully saturated rings. The Labute approximate surface area is 335 Å². The molecule has 1 aliphatic heterocycles. The number of hydrogen-bond donors (Lipinski definition) is 4. The molecule has 312 valence electrons. The van der Waals surface area contributed by atoms with Crippen molar-refractivity contribution in [1.29, 1.82) is 10.5 Å². The van der Waals surface area contributed by atoms with Crippen LogP contribution in [0.3, 0.4) is 0 Å². The summed E-state index contributed by atoms with van der Waals surface area (Å²) in [6.07, 6.45) is 16.1. The van der Waals surface area contributed by atoms with E-state index in [1.807, 2.05) is 6.07 Å². The van der Waals surface area contributed by atoms with E-state index < -0.39 is 43.4 Å². The third kappa shape index (κ3) is 11.6. The molecule has 3 aromatic rings. The van der Waals surface area contributed by atoms with Crippen LogP contribution >= 0.6 is 7.82 Å². The molecule has 16 heteroatoms. The summed E-state index contributed by atoms with van der Waals surface area (Å²) in [6.45, 7) is 2.57. The van der Waals surface area contributed by atoms with Crippen LogP contribution in [0.1, 0.15) is 126 Å². The molecule has 1 aliphatic carbocycles. The van der Waals surface area contributed by atoms with E-state index in [1.165, 1.54) is 100 Å². The molecule has 3 heterocycles. The van der Waals surface area contributed by atoms with Gasteiger partial charge in [-0.3, -0.25) is 9.05 Å². The number of unbranched alkanes of at least 4 members (excludes halogenated alkanes) is 15. The van der Waals surface area contributed by atoms with Crippen LogP contribution in [-0.4, -0.2) is 79.5 Å². The monoisotopic (exact) mass is 810 g/mol. The standard InChI is InChI=1S/C41H59N6O9P/c1-2-3-4-5-6-7-8-9-10-11-12-13-14-15-16-17-24-52-27-33(53-26-32-20-18-31(25-42)19-21-32)28-54-57(50,51)56-37-36-41(37,49)39(48)40(29-43,55-36)35-23-22-34-38(44)45-30-46-47(34)35/h18-23,30,33,36-37,39,48-49H,2-17,24,26-28H2,1H3,(H,50,51)(H2,44,45,46)/t33-,36-,37?,39+,40+,41+/m1/s1. The number of nitrogens with zero attached hydrogens (tertiary/aromatic N) is 5. The zero-order valence-electron chi connectivity index (χ0n) is 33.0. The third-order valence-electron chi connectivity index (χ3n) is 10.9. The van der Waals surface area contributed by atoms with Crippen molar-refractivity contribution in [2.75, 3.05) is 25.6 Å². The lowest BCUT2D eigenvalue weighted by atomic mass is 9.90. The molecule has 0 radical (unpaired) electrons. The lowest BCUT2D eigenvalue weighted by molar-refractivity contribution is -0.107. The topological polar surface area (TPSA) is 228 Å². The number of phosphoric acid groups is 1. The van der Waals surface area contributed by atoms with E-state index in [1.54, 1.807) is 30.3 Å². The van der Waals surface area contributed by atoms with E-state index >= 15 is 0 Å². The van der Waals surface area contributed by atoms with E-state index in [0.717, 1.165) is 24.8 Å². The third-order valence-corrected chi connectivity index (χ3v) is 11.9. The first-order chi connectivity index (χ1) is 27.6. The minimum absolute atomic E-state index is 0.0802. The summed E-state index contributed by atoms with van der Waals surface area (Å²) in [5.41, 5.74) is 3.37. The highest BCUT2D eigenvalue weighted by Crippen LogP contribution is 2.63. The van der Waals surface area contributed by atoms with Crippen LogP contribution < -0.4 is 5.73 Å². The number of rotatable bonds is 28. The van der Waals surface area contributed by atoms with Gasteiger partial charge in [-0.1, -0.05) is 115 Å². The Morgan fingerprint density at radius 1 is 0.930 bits per heavy atom. The Morgan fingerprint density at radius 2 is 1.54 bits per heavy atom. The van der Waals surface area contributed by atoms with Gasteiger partial charge in [0.1, 0.15) is 42.3 Å². The van der Waals surface area contributed by atoms with Gasteiger partial charge in [0, 0.05) is 6.61 Å². The largest absolute Gasteiger partial charge is 0.472 e. The predicted octanol–water partition coefficient (Wildman–Crippen LogP) is 6.77. The number of nitrogens with two attached hydrogens (primary N) is 1. The molecule has 15 nitrogen and oxygen atoms in total. The van der Waals surface area contributed by atoms with Crippen molar-refractivity contribution in [1.82, 2.24) is 14.6 Å². The molecular weight excluding hydrogens is 751 g/mol. The van der Waals surface area contributed by atoms with Crippen molar-refractivity contribution in [3.05, 3.63) is 59.5 Å². The summed E-state index contributed by atoms with van der Waals surface area (Å²) in [7, 11) is -4.85. The molecule has 2 aliphatic rings. The number of aliphatic hydroxyl groups is 2. The molecule has 57 heavy (non-hydrogen) atoms. The fraction of sp³-hybridized carbons (Fsp3) is 0.659. The number of nitrogen functional groups attached to an aromatic ring is 1. The maximum atomic E-state index is 13.1. The van der Waals surface area contributed by atoms with Crippen LogP contribution in [0.25, 0.3) is 5.52 Å². The van der Waals surface area contributed by atoms with Crippen LogP contribution in [0.15, 0.2) is 42.7 Å². The smallest absolute Gasteiger partial charge is 0.385 e. The molecule has 7 atom stereocenters. The van der Waals surface area contributed by atoms with E-state index in [-0.39, 0.29) is 31.3 Å². The molecule has 0 spiro atoms. The number of aromatic nitrogens is 3. The molecule has 0 bridgehead atoms. The number of aliphatic hydroxyl groups excluding tert-OH is 1. The van der Waals surface area contributed by atoms with Gasteiger partial charge >= 0.3 is 7.82 Å². The van der Waals surface area contributed by atoms with Gasteiger partial charge in [-0.25, -0.2) is 14.1 Å². The SMILES string of the molecule is CCCCCCCCCCCCCCCCCCOC[C@H](COP(=O)(O)OC1[C@H]2O[C@@](C#N)(c3ccc4c(N)ncnn34)[C@H](O)[C@@]12O)OCc1ccc(C#N)cc1. The Bertz CT molecular complexity index is 1830. The lowest BCUT2D eigenvalue weighted by Gasteiger charge is -2.29. The normalized spacial score (nSPS) is 24.1. The van der Waals surface area contributed by atoms with Gasteiger partial charge in [0.15, 0.2) is 11.4 Å². The molecular formula is C41H59N6O9P. The minimum Gasteiger partial charge on any atom is -0.385 e. The second-order valence-electron chi connectivity index (χ2n) is 15.2. The Kier molecular flexibility index (Phi) is 16.8. The molecule has 5 N–H and O–H groups in total. The van der Waals surface area contributed by atoms with Crippen LogP contribution in [0.2, 0.25) is 0 Å². The van der Waals surface area contributed by atoms with Gasteiger partial charge in [0.2, 0.25) is 5.60 Å². The number of ether oxygens (including phenoxy) is 3. The van der Waals surface area contributed by atoms with Crippen LogP contribution in [-0.2, 0) is 40.0 Å². The molecule has 1 saturated heterocycles. The Balaban J connectivity index is 1.03. The van der Waals surface area contributed by atoms with Crippen LogP contribution in [0.5, 0.6) is 0 Å². The second kappa shape index (κ2) is 21.5. The van der Waals surface area contributed by atoms with Crippen molar-refractivity contribution in [3.8, 4) is 12.1 Å². The fourth-order valence-corrected chi connectivity index (χ4v) is 8.44. The summed E-state index contributed by atoms with van der Waals surface area (Å²) in [5, 5.41) is 45.9. The molecule has 1 aromatic carbocycles. The van der Waals surface area contributed by atoms with Crippen LogP contribution in [0, 0.1) is 22.7 Å². The summed E-state index contributed by atoms with van der Waals surface area (Å²) in [4.78, 5) is 14.6. The molecule has 2 aromatic heterocycles. The summed E-state index contributed by atoms with van der Waals surface area (Å²) in [5.74, 6) is 0.130. The summed E-state index contributed by atoms with van der Waals surface area (Å²) < 4.78 is 42.8. The molecule has 5 rings (SSSR count). The van der Waals surface area contributed by atoms with E-state index in [4.69, 9.17) is 34.3 Å². The van der Waals surface area contributed by atoms with Gasteiger partial charge in [-0.15, -0.1) is 0 Å². The number of anilines is 1. The highest BCUT2D eigenvalue weighted by molar-refractivity contribution is 7.47. The molecule has 0 amide bonds. The average Bonchev–Trinajstić information content (AvgIpc) is 3.45. The van der Waals surface area contributed by atoms with Crippen LogP contribution in [0.4, 0.5) is 5.82 Å². The average molecular weight is 811 g/mol. The van der Waals surface area contributed by atoms with E-state index in [9.17, 15) is 24.9 Å². The molecule has 1 saturated carbocycles. The van der Waals surface area contributed by atoms with Gasteiger partial charge in [-0.05, 0) is 36.2 Å². The van der Waals surface area contributed by atoms with Crippen molar-refractivity contribution in [2.45, 2.75) is 152 Å². The number of benzene rings is 1. The number of nitriles is 2. The Hall–Kier alpha value is -3.47. The first-order valence-corrected chi connectivity index (χ1v) is 22.0. The van der Waals surface area contributed by atoms with Crippen molar-refractivity contribution < 1.29 is 42.9 Å². The van der Waals surface area contributed by atoms with Crippen molar-refractivity contribution in [2.24, 2.45) is 0 Å². The summed E-state index contributed by atoms with van der Waals surface area (Å²) >= 11 is 0. The van der Waals surface area contributed by atoms with Gasteiger partial charge in [-0.2, -0.15) is 15.6 Å². The molecule has 2 unspecified atom stereocenters. The van der Waals surface area contributed by atoms with Gasteiger partial charge in [0.05, 0.1) is 37.1 Å². The highest BCUT2D eigenvalue weighted by atomic mass is 31.2. The quantitative estimate of drug-likeness (QED) is 0.0438. The first kappa shape index (κ1) is 44.6. The van der Waals surface area contributed by atoms with Crippen molar-refractivity contribution in [3.63, 3.8) is 0 Å². The maximum Gasteiger partial charge on any atom is 0.472 e. The first-order valence-electron chi connectivity index (χ1n) is 20.5.